The van der Waals surface area contributed by atoms with E-state index in [1.807, 2.05) is 49.4 Å². The second-order valence-electron chi connectivity index (χ2n) is 7.46. The Morgan fingerprint density at radius 1 is 1.09 bits per heavy atom. The Bertz CT molecular complexity index is 1540. The first kappa shape index (κ1) is 20.3. The minimum atomic E-state index is -0.264. The van der Waals surface area contributed by atoms with Crippen LogP contribution in [0.1, 0.15) is 22.8 Å². The summed E-state index contributed by atoms with van der Waals surface area (Å²) in [5.41, 5.74) is 5.49. The fourth-order valence-electron chi connectivity index (χ4n) is 4.04. The van der Waals surface area contributed by atoms with Gasteiger partial charge in [-0.3, -0.25) is 4.79 Å². The van der Waals surface area contributed by atoms with Gasteiger partial charge in [0.2, 0.25) is 0 Å². The largest absolute Gasteiger partial charge is 0.497 e. The van der Waals surface area contributed by atoms with Crippen molar-refractivity contribution in [2.75, 3.05) is 12.4 Å². The number of hydrogen-bond acceptors (Lipinski definition) is 6. The quantitative estimate of drug-likeness (QED) is 0.415. The third-order valence-corrected chi connectivity index (χ3v) is 5.63. The normalized spacial score (nSPS) is 10.9. The van der Waals surface area contributed by atoms with E-state index < -0.39 is 0 Å². The fraction of sp³-hybridized carbons (Fsp3) is 0.120. The molecule has 3 aromatic carbocycles. The number of anilines is 1. The molecule has 8 heteroatoms. The van der Waals surface area contributed by atoms with Crippen LogP contribution in [0.15, 0.2) is 65.3 Å². The number of aromatic nitrogens is 3. The van der Waals surface area contributed by atoms with Gasteiger partial charge < -0.3 is 14.6 Å². The van der Waals surface area contributed by atoms with Gasteiger partial charge >= 0.3 is 0 Å². The highest BCUT2D eigenvalue weighted by Crippen LogP contribution is 2.35. The van der Waals surface area contributed by atoms with Crippen molar-refractivity contribution in [1.29, 1.82) is 5.26 Å². The topological polar surface area (TPSA) is 106 Å². The maximum absolute atomic E-state index is 12.7. The Balaban J connectivity index is 1.48. The number of amides is 1. The smallest absolute Gasteiger partial charge is 0.255 e. The number of hydrogen-bond donors (Lipinski definition) is 1. The molecule has 0 radical (unpaired) electrons. The number of rotatable bonds is 5. The van der Waals surface area contributed by atoms with Gasteiger partial charge in [-0.2, -0.15) is 5.26 Å². The average molecular weight is 437 g/mol. The van der Waals surface area contributed by atoms with Crippen molar-refractivity contribution in [2.24, 2.45) is 0 Å². The van der Waals surface area contributed by atoms with Crippen molar-refractivity contribution >= 4 is 33.5 Å². The van der Waals surface area contributed by atoms with Gasteiger partial charge in [-0.25, -0.2) is 4.63 Å². The van der Waals surface area contributed by atoms with Gasteiger partial charge in [-0.15, -0.1) is 0 Å². The molecule has 2 aromatic heterocycles. The number of aryl methyl sites for hydroxylation is 1. The van der Waals surface area contributed by atoms with Gasteiger partial charge in [0.25, 0.3) is 5.91 Å². The molecule has 0 bridgehead atoms. The van der Waals surface area contributed by atoms with Crippen LogP contribution in [0.25, 0.3) is 33.2 Å². The number of carbonyl (C=O) groups is 1. The molecule has 0 atom stereocenters. The molecule has 0 fully saturated rings. The lowest BCUT2D eigenvalue weighted by molar-refractivity contribution is 0.102. The summed E-state index contributed by atoms with van der Waals surface area (Å²) in [6, 6.07) is 20.5. The van der Waals surface area contributed by atoms with E-state index in [9.17, 15) is 10.1 Å². The standard InChI is InChI=1S/C25H19N5O3/c1-3-30-23-11-9-18(32-2)13-19(23)20(14-26)24(30)15-4-7-17(8-5-15)27-25(31)16-6-10-21-22(12-16)29-33-28-21/h4-13H,3H2,1-2H3,(H,27,31). The van der Waals surface area contributed by atoms with Gasteiger partial charge in [0.15, 0.2) is 0 Å². The Kier molecular flexibility index (Phi) is 4.99. The van der Waals surface area contributed by atoms with Gasteiger partial charge in [0.1, 0.15) is 22.9 Å². The van der Waals surface area contributed by atoms with Crippen LogP contribution in [0.3, 0.4) is 0 Å². The summed E-state index contributed by atoms with van der Waals surface area (Å²) < 4.78 is 12.1. The monoisotopic (exact) mass is 437 g/mol. The van der Waals surface area contributed by atoms with Crippen molar-refractivity contribution in [1.82, 2.24) is 14.9 Å². The number of methoxy groups -OCH3 is 1. The number of ether oxygens (including phenoxy) is 1. The second-order valence-corrected chi connectivity index (χ2v) is 7.46. The molecule has 0 aliphatic rings. The molecular formula is C25H19N5O3. The molecule has 0 saturated carbocycles. The molecule has 8 nitrogen and oxygen atoms in total. The zero-order valence-electron chi connectivity index (χ0n) is 18.0. The maximum atomic E-state index is 12.7. The molecular weight excluding hydrogens is 418 g/mol. The highest BCUT2D eigenvalue weighted by molar-refractivity contribution is 6.06. The second kappa shape index (κ2) is 8.13. The zero-order valence-corrected chi connectivity index (χ0v) is 18.0. The highest BCUT2D eigenvalue weighted by atomic mass is 16.6. The summed E-state index contributed by atoms with van der Waals surface area (Å²) in [4.78, 5) is 12.7. The molecule has 33 heavy (non-hydrogen) atoms. The summed E-state index contributed by atoms with van der Waals surface area (Å²) in [7, 11) is 1.61. The lowest BCUT2D eigenvalue weighted by Gasteiger charge is -2.10. The maximum Gasteiger partial charge on any atom is 0.255 e. The van der Waals surface area contributed by atoms with Crippen LogP contribution in [0, 0.1) is 11.3 Å². The molecule has 0 aliphatic carbocycles. The van der Waals surface area contributed by atoms with E-state index in [1.54, 1.807) is 25.3 Å². The van der Waals surface area contributed by atoms with E-state index in [0.717, 1.165) is 22.2 Å². The molecule has 1 N–H and O–H groups in total. The van der Waals surface area contributed by atoms with Crippen molar-refractivity contribution in [2.45, 2.75) is 13.5 Å². The Hall–Kier alpha value is -4.64. The summed E-state index contributed by atoms with van der Waals surface area (Å²) in [6.45, 7) is 2.75. The first-order valence-corrected chi connectivity index (χ1v) is 10.4. The van der Waals surface area contributed by atoms with E-state index >= 15 is 0 Å². The first-order valence-electron chi connectivity index (χ1n) is 10.4. The van der Waals surface area contributed by atoms with E-state index in [1.165, 1.54) is 0 Å². The van der Waals surface area contributed by atoms with Crippen LogP contribution in [-0.4, -0.2) is 27.9 Å². The lowest BCUT2D eigenvalue weighted by Crippen LogP contribution is -2.11. The van der Waals surface area contributed by atoms with E-state index in [2.05, 4.69) is 30.9 Å². The third kappa shape index (κ3) is 3.46. The Labute approximate surface area is 189 Å². The van der Waals surface area contributed by atoms with Crippen LogP contribution in [0.5, 0.6) is 5.75 Å². The average Bonchev–Trinajstić information content (AvgIpc) is 3.45. The fourth-order valence-corrected chi connectivity index (χ4v) is 4.04. The molecule has 1 amide bonds. The van der Waals surface area contributed by atoms with Gasteiger partial charge in [0.05, 0.1) is 23.9 Å². The summed E-state index contributed by atoms with van der Waals surface area (Å²) >= 11 is 0. The van der Waals surface area contributed by atoms with Crippen LogP contribution >= 0.6 is 0 Å². The molecule has 5 aromatic rings. The van der Waals surface area contributed by atoms with Crippen molar-refractivity contribution < 1.29 is 14.2 Å². The van der Waals surface area contributed by atoms with Crippen molar-refractivity contribution in [3.8, 4) is 23.1 Å². The SMILES string of the molecule is CCn1c(-c2ccc(NC(=O)c3ccc4nonc4c3)cc2)c(C#N)c2cc(OC)ccc21. The predicted molar refractivity (Wildman–Crippen MR) is 124 cm³/mol. The predicted octanol–water partition coefficient (Wildman–Crippen LogP) is 5.00. The van der Waals surface area contributed by atoms with E-state index in [4.69, 9.17) is 4.74 Å². The number of nitrogens with zero attached hydrogens (tertiary/aromatic N) is 4. The Morgan fingerprint density at radius 3 is 2.61 bits per heavy atom. The molecule has 0 aliphatic heterocycles. The van der Waals surface area contributed by atoms with Gasteiger partial charge in [-0.1, -0.05) is 12.1 Å². The third-order valence-electron chi connectivity index (χ3n) is 5.63. The molecule has 2 heterocycles. The number of nitrogens with one attached hydrogen (secondary N) is 1. The minimum Gasteiger partial charge on any atom is -0.497 e. The van der Waals surface area contributed by atoms with E-state index in [0.29, 0.717) is 40.1 Å². The Morgan fingerprint density at radius 2 is 1.88 bits per heavy atom. The van der Waals surface area contributed by atoms with Crippen LogP contribution in [0.4, 0.5) is 5.69 Å². The minimum absolute atomic E-state index is 0.264. The van der Waals surface area contributed by atoms with Crippen LogP contribution < -0.4 is 10.1 Å². The molecule has 0 unspecified atom stereocenters. The summed E-state index contributed by atoms with van der Waals surface area (Å²) in [5.74, 6) is 0.441. The van der Waals surface area contributed by atoms with Crippen LogP contribution in [-0.2, 0) is 6.54 Å². The van der Waals surface area contributed by atoms with E-state index in [-0.39, 0.29) is 5.91 Å². The summed E-state index contributed by atoms with van der Waals surface area (Å²) in [6.07, 6.45) is 0. The van der Waals surface area contributed by atoms with Crippen LogP contribution in [0.2, 0.25) is 0 Å². The number of nitriles is 1. The van der Waals surface area contributed by atoms with Gasteiger partial charge in [-0.05, 0) is 71.3 Å². The van der Waals surface area contributed by atoms with Crippen molar-refractivity contribution in [3.63, 3.8) is 0 Å². The summed E-state index contributed by atoms with van der Waals surface area (Å²) in [5, 5.41) is 21.2. The molecule has 162 valence electrons. The number of carbonyl (C=O) groups excluding carboxylic acids is 1. The highest BCUT2D eigenvalue weighted by Gasteiger charge is 2.19. The van der Waals surface area contributed by atoms with Crippen molar-refractivity contribution in [3.05, 3.63) is 71.8 Å². The molecule has 0 saturated heterocycles. The number of fused-ring (bicyclic) bond motifs is 2. The molecule has 0 spiro atoms. The first-order chi connectivity index (χ1) is 16.1. The zero-order chi connectivity index (χ0) is 22.9. The number of benzene rings is 3. The molecule has 5 rings (SSSR count). The lowest BCUT2D eigenvalue weighted by atomic mass is 10.1. The van der Waals surface area contributed by atoms with Gasteiger partial charge in [0, 0.05) is 23.2 Å².